The molecule has 1 aliphatic carbocycles. The van der Waals surface area contributed by atoms with Crippen LogP contribution >= 0.6 is 11.6 Å². The van der Waals surface area contributed by atoms with Crippen LogP contribution in [-0.4, -0.2) is 22.7 Å². The van der Waals surface area contributed by atoms with E-state index in [0.29, 0.717) is 10.6 Å². The molecule has 1 aromatic rings. The first-order chi connectivity index (χ1) is 8.99. The van der Waals surface area contributed by atoms with E-state index in [0.717, 1.165) is 42.4 Å². The van der Waals surface area contributed by atoms with Crippen LogP contribution in [0.15, 0.2) is 0 Å². The van der Waals surface area contributed by atoms with Gasteiger partial charge < -0.3 is 15.9 Å². The van der Waals surface area contributed by atoms with Crippen molar-refractivity contribution in [3.63, 3.8) is 0 Å². The predicted octanol–water partition coefficient (Wildman–Crippen LogP) is 2.36. The standard InChI is InChI=1S/C14H18ClNO3/c1-7-8-4-2-3-5-9(8)12(15)13(17)11(7)10(6-16)14(18)19/h10,17H,2-6,16H2,1H3,(H,18,19). The summed E-state index contributed by atoms with van der Waals surface area (Å²) in [6.07, 6.45) is 3.83. The van der Waals surface area contributed by atoms with Crippen molar-refractivity contribution in [3.05, 3.63) is 27.3 Å². The van der Waals surface area contributed by atoms with E-state index in [1.165, 1.54) is 0 Å². The average molecular weight is 284 g/mol. The number of carbonyl (C=O) groups is 1. The lowest BCUT2D eigenvalue weighted by Gasteiger charge is -2.25. The van der Waals surface area contributed by atoms with E-state index in [4.69, 9.17) is 17.3 Å². The van der Waals surface area contributed by atoms with Crippen LogP contribution in [0, 0.1) is 6.92 Å². The first-order valence-electron chi connectivity index (χ1n) is 6.44. The molecule has 5 heteroatoms. The van der Waals surface area contributed by atoms with Gasteiger partial charge in [0.1, 0.15) is 5.75 Å². The highest BCUT2D eigenvalue weighted by atomic mass is 35.5. The fourth-order valence-corrected chi connectivity index (χ4v) is 3.24. The minimum absolute atomic E-state index is 0.0567. The smallest absolute Gasteiger partial charge is 0.312 e. The number of benzene rings is 1. The summed E-state index contributed by atoms with van der Waals surface area (Å²) in [4.78, 5) is 11.3. The Bertz CT molecular complexity index is 528. The van der Waals surface area contributed by atoms with Crippen molar-refractivity contribution < 1.29 is 15.0 Å². The third-order valence-corrected chi connectivity index (χ3v) is 4.34. The van der Waals surface area contributed by atoms with Gasteiger partial charge in [0.25, 0.3) is 0 Å². The molecular weight excluding hydrogens is 266 g/mol. The van der Waals surface area contributed by atoms with Crippen LogP contribution in [0.3, 0.4) is 0 Å². The number of halogens is 1. The van der Waals surface area contributed by atoms with Crippen LogP contribution in [0.5, 0.6) is 5.75 Å². The molecule has 0 bridgehead atoms. The second-order valence-electron chi connectivity index (χ2n) is 4.99. The second kappa shape index (κ2) is 5.39. The molecule has 0 amide bonds. The maximum absolute atomic E-state index is 11.3. The zero-order chi connectivity index (χ0) is 14.2. The summed E-state index contributed by atoms with van der Waals surface area (Å²) in [6, 6.07) is 0. The van der Waals surface area contributed by atoms with E-state index < -0.39 is 11.9 Å². The van der Waals surface area contributed by atoms with Gasteiger partial charge in [-0.3, -0.25) is 4.79 Å². The van der Waals surface area contributed by atoms with E-state index in [1.54, 1.807) is 0 Å². The topological polar surface area (TPSA) is 83.5 Å². The number of nitrogens with two attached hydrogens (primary N) is 1. The number of aromatic hydroxyl groups is 1. The lowest BCUT2D eigenvalue weighted by molar-refractivity contribution is -0.138. The van der Waals surface area contributed by atoms with E-state index in [2.05, 4.69) is 0 Å². The fraction of sp³-hybridized carbons (Fsp3) is 0.500. The molecule has 104 valence electrons. The van der Waals surface area contributed by atoms with Crippen LogP contribution in [0.2, 0.25) is 5.02 Å². The van der Waals surface area contributed by atoms with Crippen LogP contribution in [0.1, 0.15) is 41.0 Å². The summed E-state index contributed by atoms with van der Waals surface area (Å²) in [6.45, 7) is 1.79. The molecule has 0 saturated heterocycles. The van der Waals surface area contributed by atoms with Gasteiger partial charge in [-0.1, -0.05) is 11.6 Å². The van der Waals surface area contributed by atoms with E-state index in [1.807, 2.05) is 6.92 Å². The van der Waals surface area contributed by atoms with Gasteiger partial charge in [0.05, 0.1) is 10.9 Å². The SMILES string of the molecule is Cc1c2c(c(Cl)c(O)c1C(CN)C(=O)O)CCCC2. The van der Waals surface area contributed by atoms with Gasteiger partial charge in [0.15, 0.2) is 0 Å². The third-order valence-electron chi connectivity index (χ3n) is 3.93. The Morgan fingerprint density at radius 2 is 1.95 bits per heavy atom. The molecule has 0 aromatic heterocycles. The Labute approximate surface area is 117 Å². The van der Waals surface area contributed by atoms with Gasteiger partial charge in [0.2, 0.25) is 0 Å². The summed E-state index contributed by atoms with van der Waals surface area (Å²) in [5.41, 5.74) is 8.79. The Morgan fingerprint density at radius 3 is 2.47 bits per heavy atom. The van der Waals surface area contributed by atoms with Crippen molar-refractivity contribution in [1.82, 2.24) is 0 Å². The first-order valence-corrected chi connectivity index (χ1v) is 6.82. The van der Waals surface area contributed by atoms with Crippen molar-refractivity contribution >= 4 is 17.6 Å². The number of carboxylic acids is 1. The van der Waals surface area contributed by atoms with E-state index in [9.17, 15) is 15.0 Å². The summed E-state index contributed by atoms with van der Waals surface area (Å²) in [5, 5.41) is 19.8. The van der Waals surface area contributed by atoms with Gasteiger partial charge >= 0.3 is 5.97 Å². The number of carboxylic acid groups (broad SMARTS) is 1. The molecule has 2 rings (SSSR count). The molecule has 1 aromatic carbocycles. The zero-order valence-corrected chi connectivity index (χ0v) is 11.6. The molecule has 4 N–H and O–H groups in total. The molecule has 0 heterocycles. The molecule has 0 fully saturated rings. The van der Waals surface area contributed by atoms with Crippen LogP contribution in [-0.2, 0) is 17.6 Å². The van der Waals surface area contributed by atoms with Gasteiger partial charge in [-0.15, -0.1) is 0 Å². The quantitative estimate of drug-likeness (QED) is 0.795. The number of hydrogen-bond acceptors (Lipinski definition) is 3. The minimum atomic E-state index is -1.03. The maximum Gasteiger partial charge on any atom is 0.312 e. The molecular formula is C14H18ClNO3. The van der Waals surface area contributed by atoms with Crippen molar-refractivity contribution in [2.24, 2.45) is 5.73 Å². The largest absolute Gasteiger partial charge is 0.506 e. The van der Waals surface area contributed by atoms with Crippen LogP contribution in [0.25, 0.3) is 0 Å². The number of phenolic OH excluding ortho intramolecular Hbond substituents is 1. The molecule has 0 spiro atoms. The molecule has 1 aliphatic rings. The second-order valence-corrected chi connectivity index (χ2v) is 5.37. The molecule has 4 nitrogen and oxygen atoms in total. The summed E-state index contributed by atoms with van der Waals surface area (Å²) in [5.74, 6) is -2.06. The molecule has 0 saturated carbocycles. The van der Waals surface area contributed by atoms with Gasteiger partial charge in [0, 0.05) is 12.1 Å². The number of rotatable bonds is 3. The van der Waals surface area contributed by atoms with Crippen molar-refractivity contribution in [2.45, 2.75) is 38.5 Å². The summed E-state index contributed by atoms with van der Waals surface area (Å²) >= 11 is 6.21. The first kappa shape index (κ1) is 14.2. The molecule has 1 unspecified atom stereocenters. The van der Waals surface area contributed by atoms with Gasteiger partial charge in [-0.05, 0) is 49.3 Å². The highest BCUT2D eigenvalue weighted by Crippen LogP contribution is 2.43. The molecule has 19 heavy (non-hydrogen) atoms. The van der Waals surface area contributed by atoms with Crippen molar-refractivity contribution in [3.8, 4) is 5.75 Å². The Hall–Kier alpha value is -1.26. The third kappa shape index (κ3) is 2.30. The summed E-state index contributed by atoms with van der Waals surface area (Å²) in [7, 11) is 0. The van der Waals surface area contributed by atoms with Crippen LogP contribution < -0.4 is 5.73 Å². The van der Waals surface area contributed by atoms with E-state index >= 15 is 0 Å². The monoisotopic (exact) mass is 283 g/mol. The average Bonchev–Trinajstić information content (AvgIpc) is 2.40. The normalized spacial score (nSPS) is 15.9. The summed E-state index contributed by atoms with van der Waals surface area (Å²) < 4.78 is 0. The van der Waals surface area contributed by atoms with E-state index in [-0.39, 0.29) is 12.3 Å². The van der Waals surface area contributed by atoms with Gasteiger partial charge in [-0.25, -0.2) is 0 Å². The van der Waals surface area contributed by atoms with Gasteiger partial charge in [-0.2, -0.15) is 0 Å². The Morgan fingerprint density at radius 1 is 1.37 bits per heavy atom. The number of phenols is 1. The molecule has 0 aliphatic heterocycles. The maximum atomic E-state index is 11.3. The molecule has 0 radical (unpaired) electrons. The highest BCUT2D eigenvalue weighted by molar-refractivity contribution is 6.33. The number of fused-ring (bicyclic) bond motifs is 1. The lowest BCUT2D eigenvalue weighted by Crippen LogP contribution is -2.23. The van der Waals surface area contributed by atoms with Crippen molar-refractivity contribution in [1.29, 1.82) is 0 Å². The fourth-order valence-electron chi connectivity index (χ4n) is 2.93. The van der Waals surface area contributed by atoms with Crippen molar-refractivity contribution in [2.75, 3.05) is 6.54 Å². The number of hydrogen-bond donors (Lipinski definition) is 3. The van der Waals surface area contributed by atoms with Crippen LogP contribution in [0.4, 0.5) is 0 Å². The Kier molecular flexibility index (Phi) is 4.02. The minimum Gasteiger partial charge on any atom is -0.506 e. The highest BCUT2D eigenvalue weighted by Gasteiger charge is 2.29. The lowest BCUT2D eigenvalue weighted by atomic mass is 9.82. The zero-order valence-electron chi connectivity index (χ0n) is 10.9. The number of aliphatic carboxylic acids is 1. The predicted molar refractivity (Wildman–Crippen MR) is 73.9 cm³/mol. The molecule has 1 atom stereocenters. The Balaban J connectivity index is 2.68.